The van der Waals surface area contributed by atoms with Gasteiger partial charge < -0.3 is 0 Å². The van der Waals surface area contributed by atoms with Crippen molar-refractivity contribution < 1.29 is 4.79 Å². The molecule has 0 amide bonds. The van der Waals surface area contributed by atoms with Gasteiger partial charge in [0.15, 0.2) is 0 Å². The molecule has 14 heavy (non-hydrogen) atoms. The lowest BCUT2D eigenvalue weighted by molar-refractivity contribution is -0.118. The summed E-state index contributed by atoms with van der Waals surface area (Å²) in [4.78, 5) is 15.4. The zero-order valence-corrected chi connectivity index (χ0v) is 9.08. The van der Waals surface area contributed by atoms with Gasteiger partial charge in [-0.1, -0.05) is 12.7 Å². The minimum absolute atomic E-state index is 0.185. The minimum atomic E-state index is 0.185. The molecular formula is C12H17NO. The molecule has 0 bridgehead atoms. The third-order valence-electron chi connectivity index (χ3n) is 2.47. The Balaban J connectivity index is 2.53. The summed E-state index contributed by atoms with van der Waals surface area (Å²) in [5.74, 6) is 0.743. The minimum Gasteiger partial charge on any atom is -0.300 e. The molecule has 1 rings (SSSR count). The Hall–Kier alpha value is -1.18. The summed E-state index contributed by atoms with van der Waals surface area (Å²) in [7, 11) is 0. The maximum atomic E-state index is 11.0. The molecule has 0 heterocycles. The van der Waals surface area contributed by atoms with Gasteiger partial charge in [-0.15, -0.1) is 0 Å². The van der Waals surface area contributed by atoms with Crippen molar-refractivity contribution in [2.24, 2.45) is 16.8 Å². The van der Waals surface area contributed by atoms with Gasteiger partial charge in [0.05, 0.1) is 0 Å². The monoisotopic (exact) mass is 191 g/mol. The van der Waals surface area contributed by atoms with Crippen molar-refractivity contribution in [3.05, 3.63) is 24.4 Å². The average Bonchev–Trinajstić information content (AvgIpc) is 2.82. The predicted octanol–water partition coefficient (Wildman–Crippen LogP) is 2.76. The highest BCUT2D eigenvalue weighted by Gasteiger charge is 2.42. The van der Waals surface area contributed by atoms with Crippen LogP contribution in [0.5, 0.6) is 0 Å². The molecule has 0 N–H and O–H groups in total. The molecule has 0 aromatic carbocycles. The normalized spacial score (nSPS) is 26.6. The van der Waals surface area contributed by atoms with Gasteiger partial charge in [0.2, 0.25) is 0 Å². The molecule has 0 saturated heterocycles. The van der Waals surface area contributed by atoms with Crippen LogP contribution in [0.25, 0.3) is 0 Å². The summed E-state index contributed by atoms with van der Waals surface area (Å²) in [6.45, 7) is 9.43. The Morgan fingerprint density at radius 1 is 1.43 bits per heavy atom. The maximum Gasteiger partial charge on any atom is 0.133 e. The van der Waals surface area contributed by atoms with E-state index in [1.807, 2.05) is 26.0 Å². The van der Waals surface area contributed by atoms with Gasteiger partial charge >= 0.3 is 0 Å². The first-order valence-electron chi connectivity index (χ1n) is 4.93. The summed E-state index contributed by atoms with van der Waals surface area (Å²) in [6.07, 6.45) is 4.82. The van der Waals surface area contributed by atoms with E-state index in [0.29, 0.717) is 5.92 Å². The van der Waals surface area contributed by atoms with Gasteiger partial charge in [-0.25, -0.2) is 0 Å². The van der Waals surface area contributed by atoms with Crippen molar-refractivity contribution in [3.63, 3.8) is 0 Å². The highest BCUT2D eigenvalue weighted by atomic mass is 16.1. The van der Waals surface area contributed by atoms with E-state index in [2.05, 4.69) is 11.6 Å². The SMILES string of the molecule is C=C(/N=C(C)\C=C/C)[C@H]1C[C@@H]1C(C)=O. The molecule has 76 valence electrons. The number of ketones is 1. The number of nitrogens with zero attached hydrogens (tertiary/aromatic N) is 1. The molecule has 1 aliphatic rings. The molecule has 1 fully saturated rings. The van der Waals surface area contributed by atoms with E-state index in [1.165, 1.54) is 0 Å². The Labute approximate surface area is 85.4 Å². The van der Waals surface area contributed by atoms with Crippen molar-refractivity contribution in [1.29, 1.82) is 0 Å². The van der Waals surface area contributed by atoms with Crippen LogP contribution < -0.4 is 0 Å². The summed E-state index contributed by atoms with van der Waals surface area (Å²) >= 11 is 0. The topological polar surface area (TPSA) is 29.4 Å². The first-order chi connectivity index (χ1) is 6.56. The molecule has 0 unspecified atom stereocenters. The number of aliphatic imine (C=N–C) groups is 1. The number of rotatable bonds is 4. The predicted molar refractivity (Wildman–Crippen MR) is 59.3 cm³/mol. The van der Waals surface area contributed by atoms with E-state index in [0.717, 1.165) is 17.8 Å². The molecule has 0 radical (unpaired) electrons. The number of carbonyl (C=O) groups is 1. The highest BCUT2D eigenvalue weighted by molar-refractivity contribution is 5.93. The largest absolute Gasteiger partial charge is 0.300 e. The molecule has 2 nitrogen and oxygen atoms in total. The second-order valence-electron chi connectivity index (χ2n) is 3.80. The molecule has 0 spiro atoms. The van der Waals surface area contributed by atoms with Gasteiger partial charge in [-0.3, -0.25) is 9.79 Å². The summed E-state index contributed by atoms with van der Waals surface area (Å²) in [5, 5.41) is 0. The Morgan fingerprint density at radius 2 is 2.07 bits per heavy atom. The molecule has 2 atom stereocenters. The van der Waals surface area contributed by atoms with Crippen LogP contribution in [0, 0.1) is 11.8 Å². The molecular weight excluding hydrogens is 174 g/mol. The number of carbonyl (C=O) groups excluding carboxylic acids is 1. The van der Waals surface area contributed by atoms with Crippen LogP contribution in [0.1, 0.15) is 27.2 Å². The van der Waals surface area contributed by atoms with E-state index >= 15 is 0 Å². The van der Waals surface area contributed by atoms with Gasteiger partial charge in [-0.05, 0) is 33.3 Å². The van der Waals surface area contributed by atoms with Crippen LogP contribution in [0.15, 0.2) is 29.4 Å². The van der Waals surface area contributed by atoms with E-state index in [-0.39, 0.29) is 11.7 Å². The Bertz CT molecular complexity index is 312. The third kappa shape index (κ3) is 2.66. The lowest BCUT2D eigenvalue weighted by Crippen LogP contribution is -1.97. The average molecular weight is 191 g/mol. The lowest BCUT2D eigenvalue weighted by Gasteiger charge is -1.98. The maximum absolute atomic E-state index is 11.0. The van der Waals surface area contributed by atoms with Crippen molar-refractivity contribution >= 4 is 11.5 Å². The molecule has 1 saturated carbocycles. The van der Waals surface area contributed by atoms with Crippen molar-refractivity contribution in [1.82, 2.24) is 0 Å². The van der Waals surface area contributed by atoms with Gasteiger partial charge in [0.1, 0.15) is 5.78 Å². The quantitative estimate of drug-likeness (QED) is 0.628. The van der Waals surface area contributed by atoms with Gasteiger partial charge in [-0.2, -0.15) is 0 Å². The number of hydrogen-bond donors (Lipinski definition) is 0. The van der Waals surface area contributed by atoms with E-state index in [4.69, 9.17) is 0 Å². The molecule has 0 aliphatic heterocycles. The molecule has 2 heteroatoms. The van der Waals surface area contributed by atoms with E-state index in [1.54, 1.807) is 6.92 Å². The smallest absolute Gasteiger partial charge is 0.133 e. The van der Waals surface area contributed by atoms with Gasteiger partial charge in [0, 0.05) is 23.2 Å². The second kappa shape index (κ2) is 4.36. The highest BCUT2D eigenvalue weighted by Crippen LogP contribution is 2.44. The van der Waals surface area contributed by atoms with Crippen molar-refractivity contribution in [3.8, 4) is 0 Å². The lowest BCUT2D eigenvalue weighted by atomic mass is 10.2. The number of allylic oxidation sites excluding steroid dienone is 3. The van der Waals surface area contributed by atoms with Crippen LogP contribution in [-0.2, 0) is 4.79 Å². The Kier molecular flexibility index (Phi) is 3.39. The zero-order chi connectivity index (χ0) is 10.7. The van der Waals surface area contributed by atoms with Crippen LogP contribution in [0.3, 0.4) is 0 Å². The molecule has 0 aromatic heterocycles. The van der Waals surface area contributed by atoms with Crippen molar-refractivity contribution in [2.45, 2.75) is 27.2 Å². The first kappa shape index (κ1) is 10.9. The fraction of sp³-hybridized carbons (Fsp3) is 0.500. The van der Waals surface area contributed by atoms with Crippen LogP contribution in [0.2, 0.25) is 0 Å². The van der Waals surface area contributed by atoms with Crippen LogP contribution >= 0.6 is 0 Å². The summed E-state index contributed by atoms with van der Waals surface area (Å²) in [5.41, 5.74) is 1.80. The number of Topliss-reactive ketones (excluding diaryl/α,β-unsaturated/α-hetero) is 1. The van der Waals surface area contributed by atoms with E-state index < -0.39 is 0 Å². The number of hydrogen-bond acceptors (Lipinski definition) is 2. The van der Waals surface area contributed by atoms with Crippen LogP contribution in [-0.4, -0.2) is 11.5 Å². The summed E-state index contributed by atoms with van der Waals surface area (Å²) < 4.78 is 0. The van der Waals surface area contributed by atoms with Gasteiger partial charge in [0.25, 0.3) is 0 Å². The molecule has 1 aliphatic carbocycles. The Morgan fingerprint density at radius 3 is 2.50 bits per heavy atom. The third-order valence-corrected chi connectivity index (χ3v) is 2.47. The fourth-order valence-corrected chi connectivity index (χ4v) is 1.60. The second-order valence-corrected chi connectivity index (χ2v) is 3.80. The zero-order valence-electron chi connectivity index (χ0n) is 9.08. The van der Waals surface area contributed by atoms with Crippen LogP contribution in [0.4, 0.5) is 0 Å². The van der Waals surface area contributed by atoms with E-state index in [9.17, 15) is 4.79 Å². The summed E-state index contributed by atoms with van der Waals surface area (Å²) in [6, 6.07) is 0. The fourth-order valence-electron chi connectivity index (χ4n) is 1.60. The van der Waals surface area contributed by atoms with Crippen molar-refractivity contribution in [2.75, 3.05) is 0 Å². The molecule has 0 aromatic rings. The standard InChI is InChI=1S/C12H17NO/c1-5-6-8(2)13-9(3)11-7-12(11)10(4)14/h5-6,11-12H,3,7H2,1-2,4H3/b6-5-,13-8-/t11-,12-/m1/s1. The first-order valence-corrected chi connectivity index (χ1v) is 4.93.